The molecule has 0 N–H and O–H groups in total. The minimum atomic E-state index is -0.210. The molecule has 2 unspecified atom stereocenters. The zero-order chi connectivity index (χ0) is 12.1. The van der Waals surface area contributed by atoms with E-state index in [0.717, 1.165) is 29.5 Å². The highest BCUT2D eigenvalue weighted by Crippen LogP contribution is 2.46. The summed E-state index contributed by atoms with van der Waals surface area (Å²) in [5.74, 6) is 1.02. The molecule has 0 spiro atoms. The van der Waals surface area contributed by atoms with E-state index in [0.29, 0.717) is 5.58 Å². The first-order chi connectivity index (χ1) is 8.84. The molecule has 3 heteroatoms. The van der Waals surface area contributed by atoms with Crippen molar-refractivity contribution in [1.82, 2.24) is 0 Å². The quantitative estimate of drug-likeness (QED) is 0.666. The Kier molecular flexibility index (Phi) is 2.04. The van der Waals surface area contributed by atoms with Gasteiger partial charge in [0.15, 0.2) is 0 Å². The Labute approximate surface area is 104 Å². The van der Waals surface area contributed by atoms with Crippen LogP contribution in [0.1, 0.15) is 37.2 Å². The Morgan fingerprint density at radius 1 is 1.11 bits per heavy atom. The van der Waals surface area contributed by atoms with Crippen LogP contribution in [0.5, 0.6) is 5.75 Å². The summed E-state index contributed by atoms with van der Waals surface area (Å²) in [6.45, 7) is 0. The number of fused-ring (bicyclic) bond motifs is 5. The highest BCUT2D eigenvalue weighted by atomic mass is 16.5. The summed E-state index contributed by atoms with van der Waals surface area (Å²) in [6.07, 6.45) is 4.64. The van der Waals surface area contributed by atoms with Gasteiger partial charge in [-0.15, -0.1) is 0 Å². The van der Waals surface area contributed by atoms with Crippen LogP contribution >= 0.6 is 0 Å². The second-order valence-corrected chi connectivity index (χ2v) is 5.18. The predicted molar refractivity (Wildman–Crippen MR) is 68.1 cm³/mol. The zero-order valence-corrected chi connectivity index (χ0v) is 10.0. The lowest BCUT2D eigenvalue weighted by Gasteiger charge is -2.23. The van der Waals surface area contributed by atoms with Crippen LogP contribution < -0.4 is 10.4 Å². The first-order valence-corrected chi connectivity index (χ1v) is 6.57. The van der Waals surface area contributed by atoms with E-state index < -0.39 is 0 Å². The van der Waals surface area contributed by atoms with Crippen LogP contribution in [-0.2, 0) is 0 Å². The smallest absolute Gasteiger partial charge is 0.343 e. The van der Waals surface area contributed by atoms with E-state index in [9.17, 15) is 4.79 Å². The van der Waals surface area contributed by atoms with Crippen molar-refractivity contribution >= 4 is 11.0 Å². The molecule has 1 aromatic heterocycles. The maximum absolute atomic E-state index is 12.1. The van der Waals surface area contributed by atoms with Gasteiger partial charge in [0, 0.05) is 5.92 Å². The van der Waals surface area contributed by atoms with Crippen LogP contribution in [0, 0.1) is 0 Å². The molecule has 1 saturated carbocycles. The van der Waals surface area contributed by atoms with E-state index in [1.165, 1.54) is 12.8 Å². The van der Waals surface area contributed by atoms with Gasteiger partial charge in [-0.05, 0) is 31.4 Å². The minimum absolute atomic E-state index is 0.183. The zero-order valence-electron chi connectivity index (χ0n) is 10.0. The average molecular weight is 242 g/mol. The Bertz CT molecular complexity index is 671. The van der Waals surface area contributed by atoms with E-state index in [4.69, 9.17) is 9.15 Å². The fourth-order valence-corrected chi connectivity index (χ4v) is 3.30. The molecular weight excluding hydrogens is 228 g/mol. The molecule has 0 bridgehead atoms. The molecular formula is C15H14O3. The molecule has 2 aliphatic rings. The molecule has 1 aliphatic carbocycles. The maximum Gasteiger partial charge on any atom is 0.343 e. The summed E-state index contributed by atoms with van der Waals surface area (Å²) < 4.78 is 11.5. The Hall–Kier alpha value is -1.77. The predicted octanol–water partition coefficient (Wildman–Crippen LogP) is 3.21. The Morgan fingerprint density at radius 3 is 2.89 bits per heavy atom. The largest absolute Gasteiger partial charge is 0.488 e. The van der Waals surface area contributed by atoms with Crippen LogP contribution in [-0.4, -0.2) is 6.10 Å². The van der Waals surface area contributed by atoms with Gasteiger partial charge in [0.05, 0.1) is 10.9 Å². The molecule has 0 saturated heterocycles. The van der Waals surface area contributed by atoms with Crippen molar-refractivity contribution < 1.29 is 9.15 Å². The summed E-state index contributed by atoms with van der Waals surface area (Å²) in [5.41, 5.74) is 1.19. The van der Waals surface area contributed by atoms with Crippen molar-refractivity contribution in [2.45, 2.75) is 37.7 Å². The van der Waals surface area contributed by atoms with E-state index in [1.807, 2.05) is 24.3 Å². The van der Waals surface area contributed by atoms with Gasteiger partial charge in [-0.3, -0.25) is 0 Å². The number of rotatable bonds is 0. The second-order valence-electron chi connectivity index (χ2n) is 5.18. The molecule has 18 heavy (non-hydrogen) atoms. The monoisotopic (exact) mass is 242 g/mol. The topological polar surface area (TPSA) is 39.4 Å². The maximum atomic E-state index is 12.1. The number of hydrogen-bond donors (Lipinski definition) is 0. The van der Waals surface area contributed by atoms with Gasteiger partial charge in [-0.25, -0.2) is 4.79 Å². The minimum Gasteiger partial charge on any atom is -0.488 e. The first-order valence-electron chi connectivity index (χ1n) is 6.57. The normalized spacial score (nSPS) is 25.6. The van der Waals surface area contributed by atoms with Crippen molar-refractivity contribution in [3.63, 3.8) is 0 Å². The summed E-state index contributed by atoms with van der Waals surface area (Å²) in [4.78, 5) is 12.1. The standard InChI is InChI=1S/C15H14O3/c16-15-13-9-5-1-3-7-11(9)17-14(13)10-6-2-4-8-12(10)18-15/h2,4,6,8-9,11H,1,3,5,7H2. The van der Waals surface area contributed by atoms with Crippen molar-refractivity contribution in [3.05, 3.63) is 40.2 Å². The van der Waals surface area contributed by atoms with E-state index in [-0.39, 0.29) is 17.6 Å². The molecule has 1 aliphatic heterocycles. The number of para-hydroxylation sites is 1. The van der Waals surface area contributed by atoms with E-state index >= 15 is 0 Å². The number of hydrogen-bond acceptors (Lipinski definition) is 3. The third-order valence-corrected chi connectivity index (χ3v) is 4.14. The molecule has 1 fully saturated rings. The highest BCUT2D eigenvalue weighted by molar-refractivity contribution is 5.85. The van der Waals surface area contributed by atoms with Gasteiger partial charge in [0.2, 0.25) is 0 Å². The van der Waals surface area contributed by atoms with Gasteiger partial charge in [0.25, 0.3) is 0 Å². The molecule has 92 valence electrons. The highest BCUT2D eigenvalue weighted by Gasteiger charge is 2.40. The van der Waals surface area contributed by atoms with Crippen molar-refractivity contribution in [2.75, 3.05) is 0 Å². The van der Waals surface area contributed by atoms with Crippen LogP contribution in [0.15, 0.2) is 33.5 Å². The molecule has 2 atom stereocenters. The van der Waals surface area contributed by atoms with Crippen LogP contribution in [0.3, 0.4) is 0 Å². The summed E-state index contributed by atoms with van der Waals surface area (Å²) in [7, 11) is 0. The molecule has 0 amide bonds. The van der Waals surface area contributed by atoms with Crippen molar-refractivity contribution in [1.29, 1.82) is 0 Å². The van der Waals surface area contributed by atoms with Gasteiger partial charge in [-0.1, -0.05) is 18.6 Å². The Balaban J connectivity index is 2.02. The SMILES string of the molecule is O=c1oc2ccccc2c2c1C1CCCCC1O2. The fourth-order valence-electron chi connectivity index (χ4n) is 3.30. The van der Waals surface area contributed by atoms with Gasteiger partial charge < -0.3 is 9.15 Å². The van der Waals surface area contributed by atoms with E-state index in [1.54, 1.807) is 0 Å². The lowest BCUT2D eigenvalue weighted by Crippen LogP contribution is -2.24. The molecule has 3 nitrogen and oxygen atoms in total. The molecule has 0 radical (unpaired) electrons. The van der Waals surface area contributed by atoms with Crippen LogP contribution in [0.4, 0.5) is 0 Å². The molecule has 2 heterocycles. The summed E-state index contributed by atoms with van der Waals surface area (Å²) in [5, 5.41) is 0.932. The molecule has 4 rings (SSSR count). The van der Waals surface area contributed by atoms with Crippen molar-refractivity contribution in [2.24, 2.45) is 0 Å². The van der Waals surface area contributed by atoms with Crippen molar-refractivity contribution in [3.8, 4) is 5.75 Å². The third-order valence-electron chi connectivity index (χ3n) is 4.14. The Morgan fingerprint density at radius 2 is 1.94 bits per heavy atom. The fraction of sp³-hybridized carbons (Fsp3) is 0.400. The lowest BCUT2D eigenvalue weighted by atomic mass is 9.84. The number of ether oxygens (including phenoxy) is 1. The lowest BCUT2D eigenvalue weighted by molar-refractivity contribution is 0.165. The van der Waals surface area contributed by atoms with Crippen LogP contribution in [0.2, 0.25) is 0 Å². The average Bonchev–Trinajstić information content (AvgIpc) is 2.79. The van der Waals surface area contributed by atoms with Gasteiger partial charge >= 0.3 is 5.63 Å². The van der Waals surface area contributed by atoms with Gasteiger partial charge in [0.1, 0.15) is 17.4 Å². The summed E-state index contributed by atoms with van der Waals surface area (Å²) >= 11 is 0. The molecule has 2 aromatic rings. The summed E-state index contributed by atoms with van der Waals surface area (Å²) in [6, 6.07) is 7.62. The third kappa shape index (κ3) is 1.27. The second kappa shape index (κ2) is 3.61. The van der Waals surface area contributed by atoms with E-state index in [2.05, 4.69) is 0 Å². The number of benzene rings is 1. The van der Waals surface area contributed by atoms with Crippen LogP contribution in [0.25, 0.3) is 11.0 Å². The first kappa shape index (κ1) is 10.2. The molecule has 1 aromatic carbocycles. The van der Waals surface area contributed by atoms with Gasteiger partial charge in [-0.2, -0.15) is 0 Å².